The predicted molar refractivity (Wildman–Crippen MR) is 75.3 cm³/mol. The molecule has 4 rings (SSSR count). The molecule has 0 spiro atoms. The highest BCUT2D eigenvalue weighted by Crippen LogP contribution is 2.26. The number of halogens is 1. The Morgan fingerprint density at radius 2 is 2.05 bits per heavy atom. The van der Waals surface area contributed by atoms with Gasteiger partial charge in [0, 0.05) is 16.3 Å². The van der Waals surface area contributed by atoms with Crippen molar-refractivity contribution in [3.05, 3.63) is 35.9 Å². The summed E-state index contributed by atoms with van der Waals surface area (Å²) in [6, 6.07) is 5.25. The molecular weight excluding hydrogens is 278 g/mol. The number of fused-ring (bicyclic) bond motifs is 3. The molecule has 0 saturated heterocycles. The van der Waals surface area contributed by atoms with Crippen LogP contribution in [-0.2, 0) is 0 Å². The van der Waals surface area contributed by atoms with E-state index in [1.165, 1.54) is 0 Å². The third-order valence-corrected chi connectivity index (χ3v) is 3.23. The molecule has 0 bridgehead atoms. The van der Waals surface area contributed by atoms with Crippen molar-refractivity contribution in [2.75, 3.05) is 5.73 Å². The number of benzene rings is 1. The number of nitrogen functional groups attached to an aromatic ring is 1. The number of rotatable bonds is 1. The Morgan fingerprint density at radius 3 is 2.90 bits per heavy atom. The van der Waals surface area contributed by atoms with Crippen LogP contribution in [0, 0.1) is 0 Å². The molecule has 0 saturated carbocycles. The Kier molecular flexibility index (Phi) is 2.19. The number of hydrogen-bond donors (Lipinski definition) is 2. The highest BCUT2D eigenvalue weighted by molar-refractivity contribution is 6.31. The number of aromatic amines is 1. The highest BCUT2D eigenvalue weighted by atomic mass is 35.5. The van der Waals surface area contributed by atoms with Gasteiger partial charge in [-0.05, 0) is 18.2 Å². The summed E-state index contributed by atoms with van der Waals surface area (Å²) in [5.41, 5.74) is 9.15. The second-order valence-electron chi connectivity index (χ2n) is 4.34. The Bertz CT molecular complexity index is 919. The van der Waals surface area contributed by atoms with Crippen LogP contribution >= 0.6 is 11.6 Å². The molecule has 98 valence electrons. The smallest absolute Gasteiger partial charge is 0.190 e. The zero-order chi connectivity index (χ0) is 13.7. The van der Waals surface area contributed by atoms with Gasteiger partial charge in [0.05, 0.1) is 6.33 Å². The fourth-order valence-corrected chi connectivity index (χ4v) is 2.41. The summed E-state index contributed by atoms with van der Waals surface area (Å²) in [4.78, 5) is 11.3. The van der Waals surface area contributed by atoms with Crippen LogP contribution in [0.5, 0.6) is 0 Å². The van der Waals surface area contributed by atoms with Gasteiger partial charge in [0.1, 0.15) is 11.8 Å². The van der Waals surface area contributed by atoms with Crippen LogP contribution in [0.1, 0.15) is 0 Å². The number of anilines is 1. The van der Waals surface area contributed by atoms with Gasteiger partial charge in [-0.25, -0.2) is 9.97 Å². The molecule has 0 atom stereocenters. The average Bonchev–Trinajstić information content (AvgIpc) is 3.03. The normalized spacial score (nSPS) is 11.4. The molecule has 3 heterocycles. The molecule has 4 aromatic rings. The maximum Gasteiger partial charge on any atom is 0.190 e. The number of nitrogens with one attached hydrogen (secondary N) is 1. The van der Waals surface area contributed by atoms with E-state index >= 15 is 0 Å². The molecule has 0 aliphatic heterocycles. The van der Waals surface area contributed by atoms with Crippen LogP contribution in [-0.4, -0.2) is 29.5 Å². The van der Waals surface area contributed by atoms with Gasteiger partial charge in [0.2, 0.25) is 0 Å². The first kappa shape index (κ1) is 11.2. The molecule has 0 radical (unpaired) electrons. The van der Waals surface area contributed by atoms with E-state index in [4.69, 9.17) is 17.3 Å². The molecule has 0 aliphatic carbocycles. The number of nitrogens with two attached hydrogens (primary N) is 1. The minimum atomic E-state index is 0.548. The number of imidazole rings is 1. The summed E-state index contributed by atoms with van der Waals surface area (Å²) in [6.45, 7) is 0. The lowest BCUT2D eigenvalue weighted by atomic mass is 10.2. The lowest BCUT2D eigenvalue weighted by Crippen LogP contribution is -1.93. The van der Waals surface area contributed by atoms with E-state index in [9.17, 15) is 0 Å². The van der Waals surface area contributed by atoms with Gasteiger partial charge in [-0.1, -0.05) is 11.6 Å². The molecule has 8 heteroatoms. The monoisotopic (exact) mass is 285 g/mol. The third-order valence-electron chi connectivity index (χ3n) is 3.01. The Balaban J connectivity index is 2.04. The summed E-state index contributed by atoms with van der Waals surface area (Å²) in [5.74, 6) is 0.623. The number of aromatic nitrogens is 6. The van der Waals surface area contributed by atoms with E-state index in [1.54, 1.807) is 35.3 Å². The van der Waals surface area contributed by atoms with Crippen molar-refractivity contribution in [2.24, 2.45) is 0 Å². The summed E-state index contributed by atoms with van der Waals surface area (Å²) in [6.07, 6.45) is 3.20. The van der Waals surface area contributed by atoms with Crippen molar-refractivity contribution >= 4 is 34.1 Å². The molecule has 3 N–H and O–H groups in total. The molecule has 0 fully saturated rings. The van der Waals surface area contributed by atoms with Crippen molar-refractivity contribution in [1.29, 1.82) is 0 Å². The van der Waals surface area contributed by atoms with Crippen molar-refractivity contribution in [2.45, 2.75) is 0 Å². The SMILES string of the molecule is Nc1cc(Cl)cc(-c2nnc3c4[nH]cnc4ncn23)c1. The molecule has 0 unspecified atom stereocenters. The standard InChI is InChI=1S/C12H8ClN7/c13-7-1-6(2-8(14)3-7)11-18-19-12-9-10(16-4-15-9)17-5-20(11)12/h1-5H,14H2,(H,15,16). The maximum absolute atomic E-state index is 6.03. The van der Waals surface area contributed by atoms with Crippen LogP contribution in [0.15, 0.2) is 30.9 Å². The van der Waals surface area contributed by atoms with E-state index < -0.39 is 0 Å². The molecular formula is C12H8ClN7. The first-order valence-electron chi connectivity index (χ1n) is 5.81. The first-order chi connectivity index (χ1) is 9.72. The van der Waals surface area contributed by atoms with Crippen LogP contribution in [0.25, 0.3) is 28.2 Å². The molecule has 3 aromatic heterocycles. The van der Waals surface area contributed by atoms with Crippen LogP contribution < -0.4 is 5.73 Å². The summed E-state index contributed by atoms with van der Waals surface area (Å²) in [5, 5.41) is 8.91. The van der Waals surface area contributed by atoms with Gasteiger partial charge in [0.25, 0.3) is 0 Å². The van der Waals surface area contributed by atoms with Gasteiger partial charge >= 0.3 is 0 Å². The van der Waals surface area contributed by atoms with E-state index in [2.05, 4.69) is 25.1 Å². The van der Waals surface area contributed by atoms with Crippen LogP contribution in [0.2, 0.25) is 5.02 Å². The first-order valence-corrected chi connectivity index (χ1v) is 6.19. The summed E-state index contributed by atoms with van der Waals surface area (Å²) >= 11 is 6.03. The van der Waals surface area contributed by atoms with E-state index in [1.807, 2.05) is 0 Å². The van der Waals surface area contributed by atoms with Gasteiger partial charge in [-0.15, -0.1) is 10.2 Å². The minimum Gasteiger partial charge on any atom is -0.399 e. The lowest BCUT2D eigenvalue weighted by molar-refractivity contribution is 1.09. The van der Waals surface area contributed by atoms with Gasteiger partial charge in [0.15, 0.2) is 17.1 Å². The molecule has 0 amide bonds. The summed E-state index contributed by atoms with van der Waals surface area (Å²) < 4.78 is 1.77. The van der Waals surface area contributed by atoms with Crippen molar-refractivity contribution < 1.29 is 0 Å². The van der Waals surface area contributed by atoms with E-state index in [-0.39, 0.29) is 0 Å². The Morgan fingerprint density at radius 1 is 1.15 bits per heavy atom. The quantitative estimate of drug-likeness (QED) is 0.521. The largest absolute Gasteiger partial charge is 0.399 e. The van der Waals surface area contributed by atoms with Gasteiger partial charge in [-0.2, -0.15) is 0 Å². The second-order valence-corrected chi connectivity index (χ2v) is 4.77. The summed E-state index contributed by atoms with van der Waals surface area (Å²) in [7, 11) is 0. The maximum atomic E-state index is 6.03. The zero-order valence-corrected chi connectivity index (χ0v) is 10.8. The minimum absolute atomic E-state index is 0.548. The van der Waals surface area contributed by atoms with Crippen molar-refractivity contribution in [3.63, 3.8) is 0 Å². The fourth-order valence-electron chi connectivity index (χ4n) is 2.17. The fraction of sp³-hybridized carbons (Fsp3) is 0. The Labute approximate surface area is 117 Å². The lowest BCUT2D eigenvalue weighted by Gasteiger charge is -2.02. The van der Waals surface area contributed by atoms with E-state index in [0.717, 1.165) is 11.1 Å². The predicted octanol–water partition coefficient (Wildman–Crippen LogP) is 1.90. The zero-order valence-electron chi connectivity index (χ0n) is 10.1. The average molecular weight is 286 g/mol. The van der Waals surface area contributed by atoms with Crippen LogP contribution in [0.3, 0.4) is 0 Å². The second kappa shape index (κ2) is 3.91. The number of nitrogens with zero attached hydrogens (tertiary/aromatic N) is 5. The Hall–Kier alpha value is -2.67. The molecule has 20 heavy (non-hydrogen) atoms. The topological polar surface area (TPSA) is 97.8 Å². The van der Waals surface area contributed by atoms with Crippen molar-refractivity contribution in [3.8, 4) is 11.4 Å². The van der Waals surface area contributed by atoms with E-state index in [0.29, 0.717) is 27.8 Å². The molecule has 7 nitrogen and oxygen atoms in total. The molecule has 1 aromatic carbocycles. The van der Waals surface area contributed by atoms with Crippen LogP contribution in [0.4, 0.5) is 5.69 Å². The van der Waals surface area contributed by atoms with Gasteiger partial charge in [-0.3, -0.25) is 4.40 Å². The van der Waals surface area contributed by atoms with Crippen molar-refractivity contribution in [1.82, 2.24) is 29.5 Å². The number of hydrogen-bond acceptors (Lipinski definition) is 5. The third kappa shape index (κ3) is 1.53. The number of H-pyrrole nitrogens is 1. The highest BCUT2D eigenvalue weighted by Gasteiger charge is 2.13. The van der Waals surface area contributed by atoms with Gasteiger partial charge < -0.3 is 10.7 Å². The molecule has 0 aliphatic rings.